The summed E-state index contributed by atoms with van der Waals surface area (Å²) in [6.45, 7) is 1.50. The van der Waals surface area contributed by atoms with Crippen LogP contribution in [0.3, 0.4) is 0 Å². The number of nitrogens with zero attached hydrogens (tertiary/aromatic N) is 3. The Morgan fingerprint density at radius 2 is 1.89 bits per heavy atom. The molecule has 0 aliphatic heterocycles. The minimum Gasteiger partial charge on any atom is -0.326 e. The van der Waals surface area contributed by atoms with Gasteiger partial charge in [0.2, 0.25) is 5.91 Å². The van der Waals surface area contributed by atoms with Crippen molar-refractivity contribution in [3.05, 3.63) is 66.2 Å². The van der Waals surface area contributed by atoms with Gasteiger partial charge in [0.15, 0.2) is 16.6 Å². The minimum atomic E-state index is -0.105. The van der Waals surface area contributed by atoms with Gasteiger partial charge in [0, 0.05) is 23.4 Å². The van der Waals surface area contributed by atoms with Crippen molar-refractivity contribution in [2.75, 3.05) is 11.1 Å². The standard InChI is InChI=1S/C21H18N4O2S/c1-14(26)16-6-4-7-17(13-16)22-20(27)11-12-28-21-24-23-19-10-9-15-5-2-3-8-18(15)25(19)21/h2-10,13H,11-12H2,1H3,(H,22,27). The number of amides is 1. The summed E-state index contributed by atoms with van der Waals surface area (Å²) in [6.07, 6.45) is 0.328. The number of thioether (sulfide) groups is 1. The van der Waals surface area contributed by atoms with Crippen molar-refractivity contribution in [1.29, 1.82) is 0 Å². The van der Waals surface area contributed by atoms with Gasteiger partial charge in [0.1, 0.15) is 0 Å². The average Bonchev–Trinajstić information content (AvgIpc) is 3.12. The molecular formula is C21H18N4O2S. The SMILES string of the molecule is CC(=O)c1cccc(NC(=O)CCSc2nnc3ccc4ccccc4n23)c1. The second-order valence-electron chi connectivity index (χ2n) is 6.35. The second kappa shape index (κ2) is 7.82. The molecule has 7 heteroatoms. The Bertz CT molecular complexity index is 1190. The Morgan fingerprint density at radius 1 is 1.04 bits per heavy atom. The molecule has 0 saturated carbocycles. The van der Waals surface area contributed by atoms with E-state index in [1.54, 1.807) is 24.3 Å². The summed E-state index contributed by atoms with van der Waals surface area (Å²) in [7, 11) is 0. The van der Waals surface area contributed by atoms with Crippen molar-refractivity contribution in [2.45, 2.75) is 18.5 Å². The Morgan fingerprint density at radius 3 is 2.75 bits per heavy atom. The highest BCUT2D eigenvalue weighted by Gasteiger charge is 2.11. The predicted molar refractivity (Wildman–Crippen MR) is 111 cm³/mol. The van der Waals surface area contributed by atoms with Crippen LogP contribution >= 0.6 is 11.8 Å². The molecule has 2 aromatic heterocycles. The highest BCUT2D eigenvalue weighted by atomic mass is 32.2. The van der Waals surface area contributed by atoms with Crippen molar-refractivity contribution >= 4 is 45.7 Å². The first-order chi connectivity index (χ1) is 13.6. The third-order valence-electron chi connectivity index (χ3n) is 4.36. The molecule has 4 rings (SSSR count). The molecule has 0 unspecified atom stereocenters. The lowest BCUT2D eigenvalue weighted by molar-refractivity contribution is -0.115. The number of Topliss-reactive ketones (excluding diaryl/α,β-unsaturated/α-hetero) is 1. The summed E-state index contributed by atoms with van der Waals surface area (Å²) in [5.41, 5.74) is 3.03. The Balaban J connectivity index is 1.43. The van der Waals surface area contributed by atoms with E-state index >= 15 is 0 Å². The lowest BCUT2D eigenvalue weighted by Crippen LogP contribution is -2.12. The van der Waals surface area contributed by atoms with E-state index in [0.717, 1.165) is 21.7 Å². The fourth-order valence-electron chi connectivity index (χ4n) is 2.98. The molecule has 1 amide bonds. The molecule has 0 aliphatic rings. The maximum atomic E-state index is 12.2. The maximum Gasteiger partial charge on any atom is 0.225 e. The third-order valence-corrected chi connectivity index (χ3v) is 5.29. The van der Waals surface area contributed by atoms with Crippen LogP contribution in [0.1, 0.15) is 23.7 Å². The van der Waals surface area contributed by atoms with Crippen molar-refractivity contribution < 1.29 is 9.59 Å². The lowest BCUT2D eigenvalue weighted by Gasteiger charge is -2.07. The monoisotopic (exact) mass is 390 g/mol. The molecule has 28 heavy (non-hydrogen) atoms. The van der Waals surface area contributed by atoms with E-state index in [4.69, 9.17) is 0 Å². The van der Waals surface area contributed by atoms with Crippen LogP contribution in [0.5, 0.6) is 0 Å². The smallest absolute Gasteiger partial charge is 0.225 e. The summed E-state index contributed by atoms with van der Waals surface area (Å²) in [6, 6.07) is 19.0. The van der Waals surface area contributed by atoms with Gasteiger partial charge in [0.25, 0.3) is 0 Å². The van der Waals surface area contributed by atoms with Gasteiger partial charge in [-0.3, -0.25) is 14.0 Å². The van der Waals surface area contributed by atoms with Gasteiger partial charge < -0.3 is 5.32 Å². The molecule has 0 bridgehead atoms. The van der Waals surface area contributed by atoms with Crippen molar-refractivity contribution in [3.63, 3.8) is 0 Å². The number of carbonyl (C=O) groups is 2. The van der Waals surface area contributed by atoms with E-state index in [2.05, 4.69) is 15.5 Å². The van der Waals surface area contributed by atoms with Crippen LogP contribution in [-0.4, -0.2) is 32.0 Å². The Labute approximate surface area is 166 Å². The molecule has 0 spiro atoms. The third kappa shape index (κ3) is 3.75. The molecule has 0 fully saturated rings. The molecule has 0 radical (unpaired) electrons. The number of para-hydroxylation sites is 1. The quantitative estimate of drug-likeness (QED) is 0.394. The molecule has 0 atom stereocenters. The van der Waals surface area contributed by atoms with Crippen LogP contribution in [0.4, 0.5) is 5.69 Å². The first-order valence-corrected chi connectivity index (χ1v) is 9.87. The van der Waals surface area contributed by atoms with Crippen LogP contribution in [0.25, 0.3) is 16.6 Å². The van der Waals surface area contributed by atoms with Gasteiger partial charge in [-0.2, -0.15) is 0 Å². The predicted octanol–water partition coefficient (Wildman–Crippen LogP) is 4.21. The highest BCUT2D eigenvalue weighted by Crippen LogP contribution is 2.23. The van der Waals surface area contributed by atoms with Crippen molar-refractivity contribution in [1.82, 2.24) is 14.6 Å². The first-order valence-electron chi connectivity index (χ1n) is 8.88. The van der Waals surface area contributed by atoms with E-state index in [1.807, 2.05) is 40.8 Å². The number of rotatable bonds is 6. The van der Waals surface area contributed by atoms with Gasteiger partial charge in [-0.15, -0.1) is 10.2 Å². The molecule has 2 aromatic carbocycles. The number of anilines is 1. The summed E-state index contributed by atoms with van der Waals surface area (Å²) in [5, 5.41) is 13.2. The number of hydrogen-bond donors (Lipinski definition) is 1. The number of hydrogen-bond acceptors (Lipinski definition) is 5. The van der Waals surface area contributed by atoms with Crippen LogP contribution < -0.4 is 5.32 Å². The molecule has 6 nitrogen and oxygen atoms in total. The van der Waals surface area contributed by atoms with E-state index in [1.165, 1.54) is 18.7 Å². The van der Waals surface area contributed by atoms with Crippen LogP contribution in [0.2, 0.25) is 0 Å². The molecule has 0 saturated heterocycles. The number of nitrogens with one attached hydrogen (secondary N) is 1. The second-order valence-corrected chi connectivity index (χ2v) is 7.41. The zero-order valence-electron chi connectivity index (χ0n) is 15.3. The summed E-state index contributed by atoms with van der Waals surface area (Å²) >= 11 is 1.49. The molecule has 4 aromatic rings. The molecule has 140 valence electrons. The molecule has 1 N–H and O–H groups in total. The van der Waals surface area contributed by atoms with E-state index in [9.17, 15) is 9.59 Å². The number of benzene rings is 2. The first kappa shape index (κ1) is 18.2. The number of ketones is 1. The Kier molecular flexibility index (Phi) is 5.08. The number of pyridine rings is 1. The van der Waals surface area contributed by atoms with Crippen LogP contribution in [0, 0.1) is 0 Å². The zero-order valence-corrected chi connectivity index (χ0v) is 16.1. The summed E-state index contributed by atoms with van der Waals surface area (Å²) < 4.78 is 2.01. The minimum absolute atomic E-state index is 0.0300. The maximum absolute atomic E-state index is 12.2. The normalized spacial score (nSPS) is 11.0. The fourth-order valence-corrected chi connectivity index (χ4v) is 3.87. The fraction of sp³-hybridized carbons (Fsp3) is 0.143. The van der Waals surface area contributed by atoms with Gasteiger partial charge in [0.05, 0.1) is 5.52 Å². The topological polar surface area (TPSA) is 76.4 Å². The summed E-state index contributed by atoms with van der Waals surface area (Å²) in [5.74, 6) is 0.437. The van der Waals surface area contributed by atoms with Crippen LogP contribution in [-0.2, 0) is 4.79 Å². The van der Waals surface area contributed by atoms with Gasteiger partial charge in [-0.1, -0.05) is 42.1 Å². The van der Waals surface area contributed by atoms with E-state index in [-0.39, 0.29) is 11.7 Å². The van der Waals surface area contributed by atoms with E-state index < -0.39 is 0 Å². The largest absolute Gasteiger partial charge is 0.326 e. The zero-order chi connectivity index (χ0) is 19.5. The molecule has 0 aliphatic carbocycles. The van der Waals surface area contributed by atoms with Gasteiger partial charge in [-0.05, 0) is 42.6 Å². The summed E-state index contributed by atoms with van der Waals surface area (Å²) in [4.78, 5) is 23.7. The lowest BCUT2D eigenvalue weighted by atomic mass is 10.1. The van der Waals surface area contributed by atoms with Gasteiger partial charge in [-0.25, -0.2) is 0 Å². The van der Waals surface area contributed by atoms with Crippen molar-refractivity contribution in [2.24, 2.45) is 0 Å². The van der Waals surface area contributed by atoms with Crippen LogP contribution in [0.15, 0.2) is 65.8 Å². The molecular weight excluding hydrogens is 372 g/mol. The highest BCUT2D eigenvalue weighted by molar-refractivity contribution is 7.99. The average molecular weight is 390 g/mol. The Hall–Kier alpha value is -3.19. The van der Waals surface area contributed by atoms with Crippen molar-refractivity contribution in [3.8, 4) is 0 Å². The number of aromatic nitrogens is 3. The number of fused-ring (bicyclic) bond motifs is 3. The number of carbonyl (C=O) groups excluding carboxylic acids is 2. The molecule has 2 heterocycles. The van der Waals surface area contributed by atoms with Gasteiger partial charge >= 0.3 is 0 Å². The van der Waals surface area contributed by atoms with E-state index in [0.29, 0.717) is 23.4 Å².